The number of amides is 1. The number of benzene rings is 2. The number of thiazole rings is 1. The van der Waals surface area contributed by atoms with Crippen molar-refractivity contribution in [3.63, 3.8) is 0 Å². The number of anilines is 2. The monoisotopic (exact) mass is 339 g/mol. The summed E-state index contributed by atoms with van der Waals surface area (Å²) >= 11 is 1.67. The Kier molecular flexibility index (Phi) is 3.82. The van der Waals surface area contributed by atoms with Gasteiger partial charge in [0.1, 0.15) is 5.75 Å². The number of nitrogens with zero attached hydrogens (tertiary/aromatic N) is 2. The zero-order valence-electron chi connectivity index (χ0n) is 13.2. The van der Waals surface area contributed by atoms with E-state index in [1.807, 2.05) is 42.5 Å². The molecule has 1 amide bonds. The lowest BCUT2D eigenvalue weighted by molar-refractivity contribution is -0.120. The van der Waals surface area contributed by atoms with Crippen LogP contribution in [0.4, 0.5) is 10.8 Å². The number of ether oxygens (including phenoxy) is 1. The van der Waals surface area contributed by atoms with Crippen LogP contribution in [0.3, 0.4) is 0 Å². The Balaban J connectivity index is 1.36. The number of carbonyl (C=O) groups is 1. The third kappa shape index (κ3) is 2.80. The molecule has 24 heavy (non-hydrogen) atoms. The summed E-state index contributed by atoms with van der Waals surface area (Å²) in [7, 11) is 1.62. The fourth-order valence-electron chi connectivity index (χ4n) is 2.71. The first-order chi connectivity index (χ1) is 11.7. The van der Waals surface area contributed by atoms with E-state index in [0.29, 0.717) is 13.1 Å². The Hall–Kier alpha value is -2.60. The largest absolute Gasteiger partial charge is 0.497 e. The van der Waals surface area contributed by atoms with Crippen LogP contribution >= 0.6 is 11.3 Å². The van der Waals surface area contributed by atoms with Gasteiger partial charge in [0.2, 0.25) is 5.91 Å². The highest BCUT2D eigenvalue weighted by molar-refractivity contribution is 7.22. The van der Waals surface area contributed by atoms with Gasteiger partial charge in [-0.05, 0) is 36.4 Å². The molecule has 0 radical (unpaired) electrons. The van der Waals surface area contributed by atoms with Gasteiger partial charge >= 0.3 is 0 Å². The quantitative estimate of drug-likeness (QED) is 0.792. The maximum absolute atomic E-state index is 12.3. The number of nitrogens with one attached hydrogen (secondary N) is 1. The average Bonchev–Trinajstić information content (AvgIpc) is 2.97. The second kappa shape index (κ2) is 6.13. The summed E-state index contributed by atoms with van der Waals surface area (Å²) < 4.78 is 6.30. The first-order valence-electron chi connectivity index (χ1n) is 7.78. The molecule has 1 N–H and O–H groups in total. The van der Waals surface area contributed by atoms with E-state index in [1.165, 1.54) is 4.70 Å². The molecule has 1 fully saturated rings. The number of aromatic nitrogens is 1. The van der Waals surface area contributed by atoms with Crippen molar-refractivity contribution in [2.75, 3.05) is 30.4 Å². The van der Waals surface area contributed by atoms with Crippen molar-refractivity contribution < 1.29 is 9.53 Å². The Bertz CT molecular complexity index is 836. The predicted octanol–water partition coefficient (Wildman–Crippen LogP) is 3.38. The third-order valence-corrected chi connectivity index (χ3v) is 5.26. The standard InChI is InChI=1S/C18H17N3O2S/c1-23-14-8-6-13(7-9-14)19-17(22)12-10-21(11-12)18-20-15-4-2-3-5-16(15)24-18/h2-9,12H,10-11H2,1H3,(H,19,22). The molecule has 2 aromatic carbocycles. The Morgan fingerprint density at radius 2 is 1.96 bits per heavy atom. The van der Waals surface area contributed by atoms with E-state index in [0.717, 1.165) is 22.1 Å². The number of fused-ring (bicyclic) bond motifs is 1. The van der Waals surface area contributed by atoms with Crippen molar-refractivity contribution in [2.45, 2.75) is 0 Å². The van der Waals surface area contributed by atoms with Gasteiger partial charge in [-0.15, -0.1) is 0 Å². The number of methoxy groups -OCH3 is 1. The zero-order valence-corrected chi connectivity index (χ0v) is 14.0. The summed E-state index contributed by atoms with van der Waals surface area (Å²) in [6.07, 6.45) is 0. The van der Waals surface area contributed by atoms with E-state index in [1.54, 1.807) is 18.4 Å². The van der Waals surface area contributed by atoms with Crippen LogP contribution < -0.4 is 15.0 Å². The van der Waals surface area contributed by atoms with Crippen LogP contribution in [0.5, 0.6) is 5.75 Å². The van der Waals surface area contributed by atoms with Gasteiger partial charge in [0, 0.05) is 18.8 Å². The van der Waals surface area contributed by atoms with Crippen LogP contribution in [0.1, 0.15) is 0 Å². The van der Waals surface area contributed by atoms with Gasteiger partial charge in [-0.3, -0.25) is 4.79 Å². The molecule has 1 aliphatic rings. The Labute approximate surface area is 143 Å². The molecular weight excluding hydrogens is 322 g/mol. The summed E-state index contributed by atoms with van der Waals surface area (Å²) in [6, 6.07) is 15.5. The van der Waals surface area contributed by atoms with Gasteiger partial charge in [-0.2, -0.15) is 0 Å². The molecule has 0 atom stereocenters. The van der Waals surface area contributed by atoms with E-state index in [-0.39, 0.29) is 11.8 Å². The number of hydrogen-bond donors (Lipinski definition) is 1. The Morgan fingerprint density at radius 3 is 2.67 bits per heavy atom. The van der Waals surface area contributed by atoms with Gasteiger partial charge in [0.05, 0.1) is 23.2 Å². The molecule has 1 saturated heterocycles. The highest BCUT2D eigenvalue weighted by Gasteiger charge is 2.34. The normalized spacial score (nSPS) is 14.5. The lowest BCUT2D eigenvalue weighted by Gasteiger charge is -2.37. The maximum atomic E-state index is 12.3. The van der Waals surface area contributed by atoms with Gasteiger partial charge in [0.25, 0.3) is 0 Å². The minimum atomic E-state index is -0.000820. The van der Waals surface area contributed by atoms with Crippen LogP contribution in [0.2, 0.25) is 0 Å². The molecule has 5 nitrogen and oxygen atoms in total. The molecule has 1 aromatic heterocycles. The van der Waals surface area contributed by atoms with E-state index in [9.17, 15) is 4.79 Å². The minimum Gasteiger partial charge on any atom is -0.497 e. The van der Waals surface area contributed by atoms with Crippen molar-refractivity contribution in [3.05, 3.63) is 48.5 Å². The molecule has 1 aliphatic heterocycles. The minimum absolute atomic E-state index is 0.000820. The van der Waals surface area contributed by atoms with Gasteiger partial charge in [-0.1, -0.05) is 23.5 Å². The van der Waals surface area contributed by atoms with Crippen LogP contribution in [0.15, 0.2) is 48.5 Å². The highest BCUT2D eigenvalue weighted by atomic mass is 32.1. The fourth-order valence-corrected chi connectivity index (χ4v) is 3.70. The van der Waals surface area contributed by atoms with Gasteiger partial charge in [-0.25, -0.2) is 4.98 Å². The molecule has 3 aromatic rings. The molecule has 4 rings (SSSR count). The SMILES string of the molecule is COc1ccc(NC(=O)C2CN(c3nc4ccccc4s3)C2)cc1. The second-order valence-corrected chi connectivity index (χ2v) is 6.79. The van der Waals surface area contributed by atoms with Crippen molar-refractivity contribution >= 4 is 38.3 Å². The predicted molar refractivity (Wildman–Crippen MR) is 96.9 cm³/mol. The first-order valence-corrected chi connectivity index (χ1v) is 8.60. The number of hydrogen-bond acceptors (Lipinski definition) is 5. The lowest BCUT2D eigenvalue weighted by atomic mass is 10.00. The molecular formula is C18H17N3O2S. The molecule has 2 heterocycles. The smallest absolute Gasteiger partial charge is 0.231 e. The molecule has 0 spiro atoms. The summed E-state index contributed by atoms with van der Waals surface area (Å²) in [5.74, 6) is 0.829. The summed E-state index contributed by atoms with van der Waals surface area (Å²) in [5, 5.41) is 3.95. The van der Waals surface area contributed by atoms with Crippen LogP contribution in [0.25, 0.3) is 10.2 Å². The summed E-state index contributed by atoms with van der Waals surface area (Å²) in [6.45, 7) is 1.42. The fraction of sp³-hybridized carbons (Fsp3) is 0.222. The van der Waals surface area contributed by atoms with Gasteiger partial charge < -0.3 is 15.0 Å². The highest BCUT2D eigenvalue weighted by Crippen LogP contribution is 2.33. The first kappa shape index (κ1) is 15.0. The van der Waals surface area contributed by atoms with Crippen LogP contribution in [0, 0.1) is 5.92 Å². The van der Waals surface area contributed by atoms with Crippen molar-refractivity contribution in [3.8, 4) is 5.75 Å². The molecule has 122 valence electrons. The van der Waals surface area contributed by atoms with E-state index < -0.39 is 0 Å². The van der Waals surface area contributed by atoms with Crippen LogP contribution in [-0.2, 0) is 4.79 Å². The number of para-hydroxylation sites is 1. The van der Waals surface area contributed by atoms with Gasteiger partial charge in [0.15, 0.2) is 5.13 Å². The molecule has 0 saturated carbocycles. The van der Waals surface area contributed by atoms with Crippen molar-refractivity contribution in [1.29, 1.82) is 0 Å². The number of rotatable bonds is 4. The van der Waals surface area contributed by atoms with E-state index >= 15 is 0 Å². The van der Waals surface area contributed by atoms with Crippen molar-refractivity contribution in [1.82, 2.24) is 4.98 Å². The molecule has 0 aliphatic carbocycles. The summed E-state index contributed by atoms with van der Waals surface area (Å²) in [5.41, 5.74) is 1.81. The van der Waals surface area contributed by atoms with Crippen LogP contribution in [-0.4, -0.2) is 31.1 Å². The lowest BCUT2D eigenvalue weighted by Crippen LogP contribution is -2.52. The Morgan fingerprint density at radius 1 is 1.21 bits per heavy atom. The third-order valence-electron chi connectivity index (χ3n) is 4.16. The topological polar surface area (TPSA) is 54.5 Å². The van der Waals surface area contributed by atoms with E-state index in [4.69, 9.17) is 4.74 Å². The molecule has 0 unspecified atom stereocenters. The second-order valence-electron chi connectivity index (χ2n) is 5.78. The number of carbonyl (C=O) groups excluding carboxylic acids is 1. The summed E-state index contributed by atoms with van der Waals surface area (Å²) in [4.78, 5) is 19.1. The molecule has 6 heteroatoms. The van der Waals surface area contributed by atoms with Crippen molar-refractivity contribution in [2.24, 2.45) is 5.92 Å². The average molecular weight is 339 g/mol. The zero-order chi connectivity index (χ0) is 16.5. The van der Waals surface area contributed by atoms with E-state index in [2.05, 4.69) is 21.3 Å². The maximum Gasteiger partial charge on any atom is 0.231 e. The molecule has 0 bridgehead atoms.